The first-order valence-corrected chi connectivity index (χ1v) is 12.4. The fourth-order valence-electron chi connectivity index (χ4n) is 5.33. The molecule has 4 aromatic rings. The van der Waals surface area contributed by atoms with Gasteiger partial charge in [0.05, 0.1) is 17.4 Å². The zero-order valence-corrected chi connectivity index (χ0v) is 19.9. The van der Waals surface area contributed by atoms with Crippen molar-refractivity contribution in [2.45, 2.75) is 58.8 Å². The Kier molecular flexibility index (Phi) is 6.47. The largest absolute Gasteiger partial charge is 0.491 e. The van der Waals surface area contributed by atoms with Gasteiger partial charge >= 0.3 is 0 Å². The quantitative estimate of drug-likeness (QED) is 0.193. The van der Waals surface area contributed by atoms with Gasteiger partial charge in [-0.25, -0.2) is 13.2 Å². The molecule has 35 heavy (non-hydrogen) atoms. The zero-order valence-electron chi connectivity index (χ0n) is 19.9. The highest BCUT2D eigenvalue weighted by molar-refractivity contribution is 6.07. The smallest absolute Gasteiger partial charge is 0.201 e. The molecule has 1 aromatic heterocycles. The van der Waals surface area contributed by atoms with E-state index < -0.39 is 34.0 Å². The van der Waals surface area contributed by atoms with E-state index in [1.165, 1.54) is 43.4 Å². The van der Waals surface area contributed by atoms with Gasteiger partial charge in [0.2, 0.25) is 5.82 Å². The Morgan fingerprint density at radius 2 is 1.60 bits per heavy atom. The maximum absolute atomic E-state index is 15.3. The van der Waals surface area contributed by atoms with E-state index in [4.69, 9.17) is 9.15 Å². The number of benzene rings is 3. The first-order chi connectivity index (χ1) is 16.9. The van der Waals surface area contributed by atoms with Gasteiger partial charge in [0.25, 0.3) is 0 Å². The van der Waals surface area contributed by atoms with E-state index in [9.17, 15) is 8.78 Å². The van der Waals surface area contributed by atoms with Crippen molar-refractivity contribution in [1.29, 1.82) is 0 Å². The first kappa shape index (κ1) is 23.7. The van der Waals surface area contributed by atoms with Gasteiger partial charge in [-0.05, 0) is 54.9 Å². The molecule has 1 unspecified atom stereocenters. The summed E-state index contributed by atoms with van der Waals surface area (Å²) >= 11 is 0. The molecule has 2 nitrogen and oxygen atoms in total. The van der Waals surface area contributed by atoms with Crippen molar-refractivity contribution < 1.29 is 26.7 Å². The minimum Gasteiger partial charge on any atom is -0.491 e. The Balaban J connectivity index is 1.55. The van der Waals surface area contributed by atoms with Crippen LogP contribution in [0.1, 0.15) is 57.1 Å². The number of ether oxygens (including phenoxy) is 1. The van der Waals surface area contributed by atoms with E-state index in [0.717, 1.165) is 24.8 Å². The predicted molar refractivity (Wildman–Crippen MR) is 130 cm³/mol. The van der Waals surface area contributed by atoms with Crippen molar-refractivity contribution in [2.24, 2.45) is 5.92 Å². The van der Waals surface area contributed by atoms with E-state index in [1.807, 2.05) is 12.1 Å². The second-order valence-corrected chi connectivity index (χ2v) is 9.42. The predicted octanol–water partition coefficient (Wildman–Crippen LogP) is 8.89. The molecule has 0 spiro atoms. The van der Waals surface area contributed by atoms with Crippen LogP contribution >= 0.6 is 0 Å². The summed E-state index contributed by atoms with van der Waals surface area (Å²) in [6.45, 7) is 3.95. The van der Waals surface area contributed by atoms with E-state index in [2.05, 4.69) is 6.92 Å². The summed E-state index contributed by atoms with van der Waals surface area (Å²) in [4.78, 5) is 0. The van der Waals surface area contributed by atoms with Crippen LogP contribution in [0.4, 0.5) is 17.6 Å². The topological polar surface area (TPSA) is 22.4 Å². The van der Waals surface area contributed by atoms with Crippen LogP contribution in [-0.4, -0.2) is 6.61 Å². The van der Waals surface area contributed by atoms with Crippen molar-refractivity contribution >= 4 is 21.9 Å². The van der Waals surface area contributed by atoms with Crippen molar-refractivity contribution in [2.75, 3.05) is 6.61 Å². The molecule has 1 atom stereocenters. The van der Waals surface area contributed by atoms with Gasteiger partial charge in [-0.2, -0.15) is 4.39 Å². The van der Waals surface area contributed by atoms with Crippen molar-refractivity contribution in [1.82, 2.24) is 0 Å². The minimum absolute atomic E-state index is 0.0350. The summed E-state index contributed by atoms with van der Waals surface area (Å²) in [6, 6.07) is 8.25. The average molecular weight is 485 g/mol. The number of unbranched alkanes of at least 4 members (excludes halogenated alkanes) is 2. The SMILES string of the molecule is CCCCCC1CCc2cc(-c3cc4oc5cc(OCC)c(F)c(F)c5c4c(F)c3F)ccc2C1. The third-order valence-corrected chi connectivity index (χ3v) is 7.14. The summed E-state index contributed by atoms with van der Waals surface area (Å²) in [5.74, 6) is -4.61. The Hall–Kier alpha value is -3.02. The highest BCUT2D eigenvalue weighted by Crippen LogP contribution is 2.41. The number of fused-ring (bicyclic) bond motifs is 4. The van der Waals surface area contributed by atoms with E-state index >= 15 is 8.78 Å². The lowest BCUT2D eigenvalue weighted by molar-refractivity contribution is 0.315. The van der Waals surface area contributed by atoms with Crippen LogP contribution in [0, 0.1) is 29.2 Å². The third kappa shape index (κ3) is 4.17. The monoisotopic (exact) mass is 484 g/mol. The van der Waals surface area contributed by atoms with Crippen LogP contribution < -0.4 is 4.74 Å². The third-order valence-electron chi connectivity index (χ3n) is 7.14. The summed E-state index contributed by atoms with van der Waals surface area (Å²) in [6.07, 6.45) is 7.92. The first-order valence-electron chi connectivity index (χ1n) is 12.4. The Bertz CT molecular complexity index is 1410. The second-order valence-electron chi connectivity index (χ2n) is 9.42. The van der Waals surface area contributed by atoms with Gasteiger partial charge < -0.3 is 9.15 Å². The minimum atomic E-state index is -1.32. The molecular weight excluding hydrogens is 456 g/mol. The standard InChI is InChI=1S/C29H28F4O2/c1-3-5-6-7-16-8-9-18-13-19(11-10-17(18)12-16)20-14-21-24(28(32)26(20)30)25-22(35-21)15-23(34-4-2)27(31)29(25)33/h10-11,13-16H,3-9,12H2,1-2H3. The normalized spacial score (nSPS) is 15.7. The van der Waals surface area contributed by atoms with Gasteiger partial charge in [0, 0.05) is 11.6 Å². The number of furan rings is 1. The van der Waals surface area contributed by atoms with Gasteiger partial charge in [0.1, 0.15) is 11.2 Å². The summed E-state index contributed by atoms with van der Waals surface area (Å²) in [7, 11) is 0. The van der Waals surface area contributed by atoms with Crippen LogP contribution in [0.25, 0.3) is 33.1 Å². The Labute approximate surface area is 201 Å². The number of aryl methyl sites for hydroxylation is 1. The summed E-state index contributed by atoms with van der Waals surface area (Å²) in [5, 5.41) is -0.836. The molecule has 5 rings (SSSR count). The van der Waals surface area contributed by atoms with Gasteiger partial charge in [-0.1, -0.05) is 50.8 Å². The lowest BCUT2D eigenvalue weighted by atomic mass is 9.80. The van der Waals surface area contributed by atoms with Gasteiger partial charge in [0.15, 0.2) is 23.2 Å². The van der Waals surface area contributed by atoms with Gasteiger partial charge in [-0.15, -0.1) is 0 Å². The van der Waals surface area contributed by atoms with E-state index in [0.29, 0.717) is 11.5 Å². The molecule has 0 radical (unpaired) electrons. The molecule has 0 saturated heterocycles. The van der Waals surface area contributed by atoms with Gasteiger partial charge in [-0.3, -0.25) is 0 Å². The van der Waals surface area contributed by atoms with Crippen molar-refractivity contribution in [3.8, 4) is 16.9 Å². The molecule has 1 aliphatic carbocycles. The van der Waals surface area contributed by atoms with Crippen LogP contribution in [0.5, 0.6) is 5.75 Å². The van der Waals surface area contributed by atoms with E-state index in [1.54, 1.807) is 13.0 Å². The number of hydrogen-bond donors (Lipinski definition) is 0. The van der Waals surface area contributed by atoms with Crippen LogP contribution in [0.15, 0.2) is 34.7 Å². The highest BCUT2D eigenvalue weighted by Gasteiger charge is 2.26. The fraction of sp³-hybridized carbons (Fsp3) is 0.379. The molecule has 3 aromatic carbocycles. The molecule has 0 N–H and O–H groups in total. The molecule has 0 saturated carbocycles. The summed E-state index contributed by atoms with van der Waals surface area (Å²) < 4.78 is 70.5. The molecule has 0 aliphatic heterocycles. The van der Waals surface area contributed by atoms with Crippen LogP contribution in [0.2, 0.25) is 0 Å². The maximum Gasteiger partial charge on any atom is 0.201 e. The maximum atomic E-state index is 15.3. The average Bonchev–Trinajstić information content (AvgIpc) is 3.23. The second kappa shape index (κ2) is 9.56. The summed E-state index contributed by atoms with van der Waals surface area (Å²) in [5.41, 5.74) is 2.83. The Morgan fingerprint density at radius 1 is 0.857 bits per heavy atom. The molecular formula is C29H28F4O2. The fourth-order valence-corrected chi connectivity index (χ4v) is 5.33. The highest BCUT2D eigenvalue weighted by atomic mass is 19.2. The molecule has 0 fully saturated rings. The Morgan fingerprint density at radius 3 is 2.34 bits per heavy atom. The zero-order chi connectivity index (χ0) is 24.7. The van der Waals surface area contributed by atoms with Crippen LogP contribution in [0.3, 0.4) is 0 Å². The molecule has 1 aliphatic rings. The lowest BCUT2D eigenvalue weighted by Crippen LogP contribution is -2.14. The lowest BCUT2D eigenvalue weighted by Gasteiger charge is -2.25. The molecule has 6 heteroatoms. The van der Waals surface area contributed by atoms with E-state index in [-0.39, 0.29) is 29.1 Å². The number of hydrogen-bond acceptors (Lipinski definition) is 2. The van der Waals surface area contributed by atoms with Crippen LogP contribution in [-0.2, 0) is 12.8 Å². The molecule has 0 amide bonds. The van der Waals surface area contributed by atoms with Crippen molar-refractivity contribution in [3.63, 3.8) is 0 Å². The molecule has 184 valence electrons. The molecule has 1 heterocycles. The number of rotatable bonds is 7. The number of halogens is 4. The molecule has 0 bridgehead atoms. The van der Waals surface area contributed by atoms with Crippen molar-refractivity contribution in [3.05, 3.63) is 64.7 Å².